The molecule has 0 saturated heterocycles. The Balaban J connectivity index is 2.61. The summed E-state index contributed by atoms with van der Waals surface area (Å²) < 4.78 is 0. The van der Waals surface area contributed by atoms with E-state index < -0.39 is 0 Å². The molecule has 0 aliphatic heterocycles. The van der Waals surface area contributed by atoms with Crippen LogP contribution in [0.4, 0.5) is 0 Å². The van der Waals surface area contributed by atoms with Crippen molar-refractivity contribution >= 4 is 11.0 Å². The Bertz CT molecular complexity index is 446. The number of aromatic nitrogens is 2. The number of hydrogen-bond acceptors (Lipinski definition) is 3. The third-order valence-electron chi connectivity index (χ3n) is 2.35. The minimum absolute atomic E-state index is 0.118. The molecule has 4 nitrogen and oxygen atoms in total. The van der Waals surface area contributed by atoms with Crippen LogP contribution < -0.4 is 11.5 Å². The van der Waals surface area contributed by atoms with Crippen LogP contribution in [0.15, 0.2) is 18.5 Å². The van der Waals surface area contributed by atoms with E-state index in [0.717, 1.165) is 22.2 Å². The summed E-state index contributed by atoms with van der Waals surface area (Å²) in [6.45, 7) is 2.46. The van der Waals surface area contributed by atoms with Crippen LogP contribution in [0.1, 0.15) is 17.2 Å². The molecule has 0 unspecified atom stereocenters. The standard InChI is InChI=1S/C10H14N4/c1-6-2-7-8(9(12)3-11)5-14-10(7)13-4-6/h2,4-5,9H,3,11-12H2,1H3,(H,13,14)/t9-/m0/s1. The van der Waals surface area contributed by atoms with Gasteiger partial charge in [-0.3, -0.25) is 0 Å². The number of nitrogens with zero attached hydrogens (tertiary/aromatic N) is 1. The second-order valence-electron chi connectivity index (χ2n) is 3.50. The smallest absolute Gasteiger partial charge is 0.137 e. The molecule has 5 N–H and O–H groups in total. The molecule has 0 aromatic carbocycles. The van der Waals surface area contributed by atoms with E-state index in [1.807, 2.05) is 19.3 Å². The van der Waals surface area contributed by atoms with E-state index in [-0.39, 0.29) is 6.04 Å². The topological polar surface area (TPSA) is 80.7 Å². The normalized spacial score (nSPS) is 13.4. The largest absolute Gasteiger partial charge is 0.346 e. The van der Waals surface area contributed by atoms with Crippen LogP contribution in [0.3, 0.4) is 0 Å². The number of hydrogen-bond donors (Lipinski definition) is 3. The molecule has 0 radical (unpaired) electrons. The van der Waals surface area contributed by atoms with Crippen molar-refractivity contribution in [2.75, 3.05) is 6.54 Å². The zero-order valence-electron chi connectivity index (χ0n) is 8.12. The van der Waals surface area contributed by atoms with Crippen molar-refractivity contribution in [3.8, 4) is 0 Å². The maximum atomic E-state index is 5.88. The molecular weight excluding hydrogens is 176 g/mol. The van der Waals surface area contributed by atoms with Gasteiger partial charge in [-0.2, -0.15) is 0 Å². The summed E-state index contributed by atoms with van der Waals surface area (Å²) in [6.07, 6.45) is 3.71. The number of rotatable bonds is 2. The third-order valence-corrected chi connectivity index (χ3v) is 2.35. The van der Waals surface area contributed by atoms with Crippen LogP contribution in [0, 0.1) is 6.92 Å². The van der Waals surface area contributed by atoms with E-state index in [2.05, 4.69) is 16.0 Å². The summed E-state index contributed by atoms with van der Waals surface area (Å²) in [5.74, 6) is 0. The SMILES string of the molecule is Cc1cnc2[nH]cc([C@@H](N)CN)c2c1. The molecule has 74 valence electrons. The summed E-state index contributed by atoms with van der Waals surface area (Å²) in [5.41, 5.74) is 14.5. The molecular formula is C10H14N4. The molecule has 2 aromatic heterocycles. The number of nitrogens with two attached hydrogens (primary N) is 2. The van der Waals surface area contributed by atoms with Crippen LogP contribution >= 0.6 is 0 Å². The molecule has 2 aromatic rings. The van der Waals surface area contributed by atoms with Crippen molar-refractivity contribution < 1.29 is 0 Å². The molecule has 0 saturated carbocycles. The zero-order valence-corrected chi connectivity index (χ0v) is 8.12. The lowest BCUT2D eigenvalue weighted by Crippen LogP contribution is -2.20. The molecule has 1 atom stereocenters. The van der Waals surface area contributed by atoms with Gasteiger partial charge in [0, 0.05) is 30.4 Å². The molecule has 0 spiro atoms. The minimum atomic E-state index is -0.118. The van der Waals surface area contributed by atoms with Gasteiger partial charge in [0.2, 0.25) is 0 Å². The quantitative estimate of drug-likeness (QED) is 0.656. The summed E-state index contributed by atoms with van der Waals surface area (Å²) in [6, 6.07) is 1.95. The summed E-state index contributed by atoms with van der Waals surface area (Å²) in [4.78, 5) is 7.35. The first-order valence-electron chi connectivity index (χ1n) is 4.61. The van der Waals surface area contributed by atoms with Crippen molar-refractivity contribution in [1.82, 2.24) is 9.97 Å². The highest BCUT2D eigenvalue weighted by Crippen LogP contribution is 2.21. The van der Waals surface area contributed by atoms with Crippen LogP contribution in [0.5, 0.6) is 0 Å². The molecule has 2 heterocycles. The minimum Gasteiger partial charge on any atom is -0.346 e. The first-order chi connectivity index (χ1) is 6.72. The molecule has 2 rings (SSSR count). The molecule has 14 heavy (non-hydrogen) atoms. The van der Waals surface area contributed by atoms with E-state index in [4.69, 9.17) is 11.5 Å². The van der Waals surface area contributed by atoms with Gasteiger partial charge in [-0.1, -0.05) is 0 Å². The van der Waals surface area contributed by atoms with Gasteiger partial charge in [0.1, 0.15) is 5.65 Å². The first kappa shape index (κ1) is 9.18. The predicted octanol–water partition coefficient (Wildman–Crippen LogP) is 0.830. The fourth-order valence-electron chi connectivity index (χ4n) is 1.56. The van der Waals surface area contributed by atoms with Gasteiger partial charge < -0.3 is 16.5 Å². The number of aromatic amines is 1. The maximum Gasteiger partial charge on any atom is 0.137 e. The number of fused-ring (bicyclic) bond motifs is 1. The van der Waals surface area contributed by atoms with Crippen LogP contribution in [-0.4, -0.2) is 16.5 Å². The number of pyridine rings is 1. The molecule has 4 heteroatoms. The average molecular weight is 190 g/mol. The van der Waals surface area contributed by atoms with Gasteiger partial charge in [-0.15, -0.1) is 0 Å². The van der Waals surface area contributed by atoms with E-state index >= 15 is 0 Å². The summed E-state index contributed by atoms with van der Waals surface area (Å²) in [5, 5.41) is 1.07. The van der Waals surface area contributed by atoms with Crippen molar-refractivity contribution in [1.29, 1.82) is 0 Å². The Morgan fingerprint density at radius 3 is 3.07 bits per heavy atom. The highest BCUT2D eigenvalue weighted by Gasteiger charge is 2.10. The molecule has 0 aliphatic rings. The number of aryl methyl sites for hydroxylation is 1. The number of H-pyrrole nitrogens is 1. The second-order valence-corrected chi connectivity index (χ2v) is 3.50. The van der Waals surface area contributed by atoms with Crippen molar-refractivity contribution in [2.45, 2.75) is 13.0 Å². The Morgan fingerprint density at radius 1 is 1.57 bits per heavy atom. The van der Waals surface area contributed by atoms with Gasteiger partial charge in [0.25, 0.3) is 0 Å². The third kappa shape index (κ3) is 1.38. The van der Waals surface area contributed by atoms with Crippen molar-refractivity contribution in [3.05, 3.63) is 29.6 Å². The van der Waals surface area contributed by atoms with Crippen LogP contribution in [-0.2, 0) is 0 Å². The van der Waals surface area contributed by atoms with Gasteiger partial charge >= 0.3 is 0 Å². The Labute approximate surface area is 82.3 Å². The lowest BCUT2D eigenvalue weighted by molar-refractivity contribution is 0.743. The zero-order chi connectivity index (χ0) is 10.1. The molecule has 0 aliphatic carbocycles. The maximum absolute atomic E-state index is 5.88. The average Bonchev–Trinajstić information content (AvgIpc) is 2.59. The monoisotopic (exact) mass is 190 g/mol. The highest BCUT2D eigenvalue weighted by molar-refractivity contribution is 5.80. The fourth-order valence-corrected chi connectivity index (χ4v) is 1.56. The Morgan fingerprint density at radius 2 is 2.36 bits per heavy atom. The highest BCUT2D eigenvalue weighted by atomic mass is 14.8. The summed E-state index contributed by atoms with van der Waals surface area (Å²) in [7, 11) is 0. The van der Waals surface area contributed by atoms with Crippen LogP contribution in [0.2, 0.25) is 0 Å². The van der Waals surface area contributed by atoms with Crippen LogP contribution in [0.25, 0.3) is 11.0 Å². The van der Waals surface area contributed by atoms with Gasteiger partial charge in [0.05, 0.1) is 0 Å². The summed E-state index contributed by atoms with van der Waals surface area (Å²) >= 11 is 0. The second kappa shape index (κ2) is 3.40. The lowest BCUT2D eigenvalue weighted by Gasteiger charge is -2.06. The van der Waals surface area contributed by atoms with Crippen molar-refractivity contribution in [3.63, 3.8) is 0 Å². The Kier molecular flexibility index (Phi) is 2.23. The Hall–Kier alpha value is -1.39. The lowest BCUT2D eigenvalue weighted by atomic mass is 10.1. The fraction of sp³-hybridized carbons (Fsp3) is 0.300. The van der Waals surface area contributed by atoms with Gasteiger partial charge in [-0.25, -0.2) is 4.98 Å². The number of nitrogens with one attached hydrogen (secondary N) is 1. The molecule has 0 bridgehead atoms. The van der Waals surface area contributed by atoms with E-state index in [1.54, 1.807) is 0 Å². The van der Waals surface area contributed by atoms with E-state index in [9.17, 15) is 0 Å². The molecule has 0 fully saturated rings. The predicted molar refractivity (Wildman–Crippen MR) is 56.8 cm³/mol. The molecule has 0 amide bonds. The van der Waals surface area contributed by atoms with E-state index in [0.29, 0.717) is 6.54 Å². The van der Waals surface area contributed by atoms with E-state index in [1.165, 1.54) is 0 Å². The van der Waals surface area contributed by atoms with Crippen molar-refractivity contribution in [2.24, 2.45) is 11.5 Å². The first-order valence-corrected chi connectivity index (χ1v) is 4.61. The van der Waals surface area contributed by atoms with Gasteiger partial charge in [0.15, 0.2) is 0 Å². The van der Waals surface area contributed by atoms with Gasteiger partial charge in [-0.05, 0) is 24.1 Å².